The normalized spacial score (nSPS) is 12.3. The Bertz CT molecular complexity index is 486. The summed E-state index contributed by atoms with van der Waals surface area (Å²) in [4.78, 5) is 0. The van der Waals surface area contributed by atoms with E-state index >= 15 is 0 Å². The lowest BCUT2D eigenvalue weighted by atomic mass is 9.96. The fraction of sp³-hybridized carbons (Fsp3) is 0.462. The average Bonchev–Trinajstić information content (AvgIpc) is 2.29. The first-order valence-corrected chi connectivity index (χ1v) is 5.63. The maximum absolute atomic E-state index is 12.9. The topological polar surface area (TPSA) is 35.8 Å². The van der Waals surface area contributed by atoms with Crippen molar-refractivity contribution in [2.45, 2.75) is 26.6 Å². The van der Waals surface area contributed by atoms with Crippen molar-refractivity contribution in [1.29, 1.82) is 5.26 Å². The van der Waals surface area contributed by atoms with Gasteiger partial charge in [-0.2, -0.15) is 18.4 Å². The summed E-state index contributed by atoms with van der Waals surface area (Å²) in [6.07, 6.45) is -4.59. The Morgan fingerprint density at radius 1 is 1.26 bits per heavy atom. The van der Waals surface area contributed by atoms with Crippen LogP contribution in [0.3, 0.4) is 0 Å². The van der Waals surface area contributed by atoms with Crippen LogP contribution in [-0.4, -0.2) is 6.54 Å². The zero-order valence-corrected chi connectivity index (χ0v) is 10.6. The van der Waals surface area contributed by atoms with Crippen LogP contribution in [0.1, 0.15) is 25.0 Å². The van der Waals surface area contributed by atoms with Crippen LogP contribution in [0.2, 0.25) is 0 Å². The fourth-order valence-electron chi connectivity index (χ4n) is 1.52. The van der Waals surface area contributed by atoms with E-state index in [4.69, 9.17) is 5.26 Å². The molecular weight excluding hydrogens is 260 g/mol. The molecule has 1 N–H and O–H groups in total. The van der Waals surface area contributed by atoms with E-state index in [2.05, 4.69) is 5.32 Å². The van der Waals surface area contributed by atoms with E-state index in [1.165, 1.54) is 0 Å². The minimum absolute atomic E-state index is 0.0392. The molecule has 2 nitrogen and oxygen atoms in total. The maximum atomic E-state index is 12.9. The summed E-state index contributed by atoms with van der Waals surface area (Å²) in [6, 6.07) is 4.60. The fourth-order valence-corrected chi connectivity index (χ4v) is 1.52. The third kappa shape index (κ3) is 4.52. The van der Waals surface area contributed by atoms with Crippen molar-refractivity contribution in [1.82, 2.24) is 5.32 Å². The smallest absolute Gasteiger partial charge is 0.311 e. The molecule has 0 aromatic heterocycles. The molecule has 19 heavy (non-hydrogen) atoms. The average molecular weight is 274 g/mol. The van der Waals surface area contributed by atoms with Crippen LogP contribution in [0.4, 0.5) is 17.6 Å². The van der Waals surface area contributed by atoms with Crippen LogP contribution in [0, 0.1) is 22.6 Å². The lowest BCUT2D eigenvalue weighted by Crippen LogP contribution is -2.28. The van der Waals surface area contributed by atoms with Gasteiger partial charge in [0.15, 0.2) is 0 Å². The van der Waals surface area contributed by atoms with E-state index in [0.29, 0.717) is 6.07 Å². The summed E-state index contributed by atoms with van der Waals surface area (Å²) in [7, 11) is 0. The number of alkyl halides is 3. The van der Waals surface area contributed by atoms with Gasteiger partial charge in [0, 0.05) is 13.1 Å². The molecule has 0 spiro atoms. The van der Waals surface area contributed by atoms with Crippen LogP contribution in [0.15, 0.2) is 18.2 Å². The Morgan fingerprint density at radius 2 is 1.89 bits per heavy atom. The summed E-state index contributed by atoms with van der Waals surface area (Å²) in [6.45, 7) is 3.53. The lowest BCUT2D eigenvalue weighted by Gasteiger charge is -2.18. The predicted octanol–water partition coefficient (Wildman–Crippen LogP) is 3.48. The number of nitrogens with zero attached hydrogens (tertiary/aromatic N) is 1. The molecule has 0 unspecified atom stereocenters. The van der Waals surface area contributed by atoms with Gasteiger partial charge in [-0.25, -0.2) is 4.39 Å². The molecule has 104 valence electrons. The quantitative estimate of drug-likeness (QED) is 0.853. The number of benzene rings is 1. The van der Waals surface area contributed by atoms with Gasteiger partial charge in [-0.3, -0.25) is 0 Å². The molecule has 0 saturated heterocycles. The SMILES string of the molecule is CC(C)(C#N)CNCc1ccc(F)cc1C(F)(F)F. The second-order valence-corrected chi connectivity index (χ2v) is 4.90. The van der Waals surface area contributed by atoms with E-state index < -0.39 is 23.0 Å². The molecule has 0 aliphatic heterocycles. The lowest BCUT2D eigenvalue weighted by molar-refractivity contribution is -0.138. The van der Waals surface area contributed by atoms with Gasteiger partial charge in [0.25, 0.3) is 0 Å². The monoisotopic (exact) mass is 274 g/mol. The van der Waals surface area contributed by atoms with Gasteiger partial charge in [0.1, 0.15) is 5.82 Å². The zero-order valence-electron chi connectivity index (χ0n) is 10.6. The number of hydrogen-bond donors (Lipinski definition) is 1. The minimum atomic E-state index is -4.59. The van der Waals surface area contributed by atoms with E-state index in [0.717, 1.165) is 12.1 Å². The van der Waals surface area contributed by atoms with Gasteiger partial charge in [0.05, 0.1) is 17.0 Å². The van der Waals surface area contributed by atoms with E-state index in [1.54, 1.807) is 13.8 Å². The molecule has 0 bridgehead atoms. The molecule has 0 saturated carbocycles. The molecule has 0 aliphatic carbocycles. The highest BCUT2D eigenvalue weighted by Gasteiger charge is 2.33. The highest BCUT2D eigenvalue weighted by Crippen LogP contribution is 2.32. The number of rotatable bonds is 4. The van der Waals surface area contributed by atoms with Crippen molar-refractivity contribution < 1.29 is 17.6 Å². The second kappa shape index (κ2) is 5.57. The number of hydrogen-bond acceptors (Lipinski definition) is 2. The molecule has 6 heteroatoms. The molecule has 0 aliphatic rings. The highest BCUT2D eigenvalue weighted by molar-refractivity contribution is 5.30. The molecule has 0 atom stereocenters. The molecule has 0 fully saturated rings. The number of nitriles is 1. The predicted molar refractivity (Wildman–Crippen MR) is 62.5 cm³/mol. The summed E-state index contributed by atoms with van der Waals surface area (Å²) < 4.78 is 51.0. The van der Waals surface area contributed by atoms with Crippen LogP contribution >= 0.6 is 0 Å². The molecule has 0 radical (unpaired) electrons. The van der Waals surface area contributed by atoms with Crippen molar-refractivity contribution in [3.8, 4) is 6.07 Å². The third-order valence-corrected chi connectivity index (χ3v) is 2.56. The van der Waals surface area contributed by atoms with Crippen LogP contribution in [0.25, 0.3) is 0 Å². The van der Waals surface area contributed by atoms with Crippen molar-refractivity contribution in [3.05, 3.63) is 35.1 Å². The van der Waals surface area contributed by atoms with Gasteiger partial charge in [0.2, 0.25) is 0 Å². The van der Waals surface area contributed by atoms with E-state index in [-0.39, 0.29) is 18.7 Å². The zero-order chi connectivity index (χ0) is 14.7. The third-order valence-electron chi connectivity index (χ3n) is 2.56. The first kappa shape index (κ1) is 15.4. The highest BCUT2D eigenvalue weighted by atomic mass is 19.4. The number of nitrogens with one attached hydrogen (secondary N) is 1. The summed E-state index contributed by atoms with van der Waals surface area (Å²) in [5.41, 5.74) is -1.70. The van der Waals surface area contributed by atoms with Gasteiger partial charge in [-0.1, -0.05) is 6.07 Å². The first-order chi connectivity index (χ1) is 8.65. The van der Waals surface area contributed by atoms with Gasteiger partial charge in [-0.15, -0.1) is 0 Å². The Morgan fingerprint density at radius 3 is 2.42 bits per heavy atom. The van der Waals surface area contributed by atoms with Gasteiger partial charge in [-0.05, 0) is 31.5 Å². The van der Waals surface area contributed by atoms with Crippen LogP contribution in [-0.2, 0) is 12.7 Å². The first-order valence-electron chi connectivity index (χ1n) is 5.63. The van der Waals surface area contributed by atoms with Crippen molar-refractivity contribution in [2.24, 2.45) is 5.41 Å². The van der Waals surface area contributed by atoms with E-state index in [9.17, 15) is 17.6 Å². The number of halogens is 4. The van der Waals surface area contributed by atoms with E-state index in [1.807, 2.05) is 6.07 Å². The maximum Gasteiger partial charge on any atom is 0.416 e. The molecule has 0 amide bonds. The second-order valence-electron chi connectivity index (χ2n) is 4.90. The standard InChI is InChI=1S/C13H14F4N2/c1-12(2,7-18)8-19-6-9-3-4-10(14)5-11(9)13(15,16)17/h3-5,19H,6,8H2,1-2H3. The summed E-state index contributed by atoms with van der Waals surface area (Å²) in [5, 5.41) is 11.6. The van der Waals surface area contributed by atoms with Crippen molar-refractivity contribution in [3.63, 3.8) is 0 Å². The van der Waals surface area contributed by atoms with Gasteiger partial charge < -0.3 is 5.32 Å². The molecular formula is C13H14F4N2. The minimum Gasteiger partial charge on any atom is -0.311 e. The molecule has 1 aromatic carbocycles. The Labute approximate surface area is 109 Å². The van der Waals surface area contributed by atoms with Crippen LogP contribution in [0.5, 0.6) is 0 Å². The summed E-state index contributed by atoms with van der Waals surface area (Å²) in [5.74, 6) is -0.923. The van der Waals surface area contributed by atoms with Crippen molar-refractivity contribution in [2.75, 3.05) is 6.54 Å². The Balaban J connectivity index is 2.83. The van der Waals surface area contributed by atoms with Crippen molar-refractivity contribution >= 4 is 0 Å². The van der Waals surface area contributed by atoms with Crippen LogP contribution < -0.4 is 5.32 Å². The summed E-state index contributed by atoms with van der Waals surface area (Å²) >= 11 is 0. The molecule has 1 rings (SSSR count). The Kier molecular flexibility index (Phi) is 4.53. The largest absolute Gasteiger partial charge is 0.416 e. The Hall–Kier alpha value is -1.61. The molecule has 0 heterocycles. The molecule has 1 aromatic rings. The van der Waals surface area contributed by atoms with Gasteiger partial charge >= 0.3 is 6.18 Å².